The van der Waals surface area contributed by atoms with Crippen LogP contribution < -0.4 is 0 Å². The second-order valence-electron chi connectivity index (χ2n) is 3.90. The fourth-order valence-corrected chi connectivity index (χ4v) is 2.58. The lowest BCUT2D eigenvalue weighted by molar-refractivity contribution is 0.139. The van der Waals surface area contributed by atoms with Crippen LogP contribution in [-0.2, 0) is 13.0 Å². The molecule has 0 atom stereocenters. The number of benzene rings is 1. The van der Waals surface area contributed by atoms with E-state index in [9.17, 15) is 13.6 Å². The van der Waals surface area contributed by atoms with Gasteiger partial charge >= 0.3 is 6.09 Å². The average Bonchev–Trinajstić information content (AvgIpc) is 2.28. The Hall–Kier alpha value is -1.17. The number of alkyl halides is 2. The molecule has 0 radical (unpaired) electrons. The summed E-state index contributed by atoms with van der Waals surface area (Å²) in [6.45, 7) is 0.593. The van der Waals surface area contributed by atoms with Gasteiger partial charge in [0.15, 0.2) is 0 Å². The van der Waals surface area contributed by atoms with Crippen LogP contribution in [0, 0.1) is 0 Å². The summed E-state index contributed by atoms with van der Waals surface area (Å²) in [4.78, 5) is 12.1. The van der Waals surface area contributed by atoms with Crippen molar-refractivity contribution in [3.05, 3.63) is 33.3 Å². The monoisotopic (exact) mass is 305 g/mol. The Morgan fingerprint density at radius 1 is 1.47 bits per heavy atom. The molecule has 0 bridgehead atoms. The predicted octanol–water partition coefficient (Wildman–Crippen LogP) is 3.42. The largest absolute Gasteiger partial charge is 0.465 e. The summed E-state index contributed by atoms with van der Waals surface area (Å²) < 4.78 is 25.7. The first-order valence-corrected chi connectivity index (χ1v) is 5.85. The predicted molar refractivity (Wildman–Crippen MR) is 61.2 cm³/mol. The number of nitrogens with zero attached hydrogens (tertiary/aromatic N) is 1. The van der Waals surface area contributed by atoms with Crippen molar-refractivity contribution in [1.82, 2.24) is 4.90 Å². The lowest BCUT2D eigenvalue weighted by Gasteiger charge is -2.27. The zero-order valence-corrected chi connectivity index (χ0v) is 10.4. The standard InChI is InChI=1S/C11H10BrF2NO2/c12-9-4-7(10(13)14)3-6-1-2-15(11(16)17)5-8(6)9/h3-4,10H,1-2,5H2,(H,16,17). The molecule has 0 saturated carbocycles. The number of fused-ring (bicyclic) bond motifs is 1. The van der Waals surface area contributed by atoms with Gasteiger partial charge in [0.25, 0.3) is 6.43 Å². The Labute approximate surface area is 105 Å². The maximum absolute atomic E-state index is 12.6. The van der Waals surface area contributed by atoms with Crippen LogP contribution in [0.25, 0.3) is 0 Å². The van der Waals surface area contributed by atoms with Crippen molar-refractivity contribution in [3.63, 3.8) is 0 Å². The van der Waals surface area contributed by atoms with E-state index in [0.717, 1.165) is 11.1 Å². The van der Waals surface area contributed by atoms with E-state index in [0.29, 0.717) is 17.4 Å². The molecule has 1 amide bonds. The lowest BCUT2D eigenvalue weighted by Crippen LogP contribution is -2.35. The van der Waals surface area contributed by atoms with Crippen LogP contribution in [0.15, 0.2) is 16.6 Å². The van der Waals surface area contributed by atoms with E-state index >= 15 is 0 Å². The van der Waals surface area contributed by atoms with E-state index in [-0.39, 0.29) is 12.1 Å². The van der Waals surface area contributed by atoms with E-state index < -0.39 is 12.5 Å². The van der Waals surface area contributed by atoms with Crippen molar-refractivity contribution < 1.29 is 18.7 Å². The summed E-state index contributed by atoms with van der Waals surface area (Å²) in [5.41, 5.74) is 1.55. The molecule has 1 aromatic carbocycles. The molecule has 1 aliphatic heterocycles. The molecule has 3 nitrogen and oxygen atoms in total. The number of carboxylic acid groups (broad SMARTS) is 1. The van der Waals surface area contributed by atoms with Gasteiger partial charge in [0.05, 0.1) is 6.54 Å². The number of hydrogen-bond donors (Lipinski definition) is 1. The van der Waals surface area contributed by atoms with Crippen LogP contribution in [0.5, 0.6) is 0 Å². The molecule has 17 heavy (non-hydrogen) atoms. The van der Waals surface area contributed by atoms with Gasteiger partial charge in [0.2, 0.25) is 0 Å². The topological polar surface area (TPSA) is 40.5 Å². The van der Waals surface area contributed by atoms with Crippen LogP contribution in [0.2, 0.25) is 0 Å². The maximum Gasteiger partial charge on any atom is 0.407 e. The van der Waals surface area contributed by atoms with Gasteiger partial charge in [0.1, 0.15) is 0 Å². The first-order chi connectivity index (χ1) is 7.99. The van der Waals surface area contributed by atoms with Crippen LogP contribution in [-0.4, -0.2) is 22.6 Å². The van der Waals surface area contributed by atoms with Gasteiger partial charge in [-0.3, -0.25) is 0 Å². The highest BCUT2D eigenvalue weighted by Gasteiger charge is 2.23. The molecule has 1 N–H and O–H groups in total. The van der Waals surface area contributed by atoms with Crippen molar-refractivity contribution in [2.45, 2.75) is 19.4 Å². The third-order valence-corrected chi connectivity index (χ3v) is 3.54. The van der Waals surface area contributed by atoms with Crippen LogP contribution in [0.4, 0.5) is 13.6 Å². The molecule has 0 spiro atoms. The minimum absolute atomic E-state index is 0.0283. The number of hydrogen-bond acceptors (Lipinski definition) is 1. The molecule has 1 heterocycles. The zero-order valence-electron chi connectivity index (χ0n) is 8.79. The number of rotatable bonds is 1. The summed E-state index contributed by atoms with van der Waals surface area (Å²) >= 11 is 3.22. The smallest absolute Gasteiger partial charge is 0.407 e. The number of amides is 1. The molecule has 0 saturated heterocycles. The van der Waals surface area contributed by atoms with Crippen LogP contribution in [0.1, 0.15) is 23.1 Å². The Morgan fingerprint density at radius 3 is 2.76 bits per heavy atom. The van der Waals surface area contributed by atoms with Crippen molar-refractivity contribution in [2.24, 2.45) is 0 Å². The second-order valence-corrected chi connectivity index (χ2v) is 4.75. The Balaban J connectivity index is 2.37. The number of carbonyl (C=O) groups is 1. The quantitative estimate of drug-likeness (QED) is 0.863. The third kappa shape index (κ3) is 2.41. The minimum atomic E-state index is -2.51. The molecular weight excluding hydrogens is 296 g/mol. The zero-order chi connectivity index (χ0) is 12.6. The molecule has 0 fully saturated rings. The van der Waals surface area contributed by atoms with E-state index in [2.05, 4.69) is 15.9 Å². The maximum atomic E-state index is 12.6. The molecule has 6 heteroatoms. The molecule has 0 unspecified atom stereocenters. The Bertz CT molecular complexity index is 465. The average molecular weight is 306 g/mol. The van der Waals surface area contributed by atoms with Gasteiger partial charge in [0, 0.05) is 16.6 Å². The Morgan fingerprint density at radius 2 is 2.18 bits per heavy atom. The first kappa shape index (κ1) is 12.3. The summed E-state index contributed by atoms with van der Waals surface area (Å²) in [5, 5.41) is 8.89. The third-order valence-electron chi connectivity index (χ3n) is 2.83. The molecule has 0 aliphatic carbocycles. The molecule has 92 valence electrons. The summed E-state index contributed by atoms with van der Waals surface area (Å²) in [6.07, 6.45) is -3.02. The normalized spacial score (nSPS) is 14.9. The van der Waals surface area contributed by atoms with Crippen LogP contribution in [0.3, 0.4) is 0 Å². The van der Waals surface area contributed by atoms with Crippen molar-refractivity contribution in [2.75, 3.05) is 6.54 Å². The van der Waals surface area contributed by atoms with Gasteiger partial charge in [-0.05, 0) is 29.7 Å². The lowest BCUT2D eigenvalue weighted by atomic mass is 9.97. The second kappa shape index (κ2) is 4.60. The molecule has 0 aromatic heterocycles. The summed E-state index contributed by atoms with van der Waals surface area (Å²) in [5.74, 6) is 0. The SMILES string of the molecule is O=C(O)N1CCc2cc(C(F)F)cc(Br)c2C1. The van der Waals surface area contributed by atoms with E-state index in [1.54, 1.807) is 0 Å². The van der Waals surface area contributed by atoms with Crippen molar-refractivity contribution in [1.29, 1.82) is 0 Å². The minimum Gasteiger partial charge on any atom is -0.465 e. The highest BCUT2D eigenvalue weighted by atomic mass is 79.9. The van der Waals surface area contributed by atoms with Crippen molar-refractivity contribution >= 4 is 22.0 Å². The van der Waals surface area contributed by atoms with Crippen molar-refractivity contribution in [3.8, 4) is 0 Å². The van der Waals surface area contributed by atoms with E-state index in [1.807, 2.05) is 0 Å². The van der Waals surface area contributed by atoms with Gasteiger partial charge in [-0.15, -0.1) is 0 Å². The highest BCUT2D eigenvalue weighted by molar-refractivity contribution is 9.10. The molecular formula is C11H10BrF2NO2. The summed E-state index contributed by atoms with van der Waals surface area (Å²) in [7, 11) is 0. The highest BCUT2D eigenvalue weighted by Crippen LogP contribution is 2.31. The van der Waals surface area contributed by atoms with Gasteiger partial charge in [-0.2, -0.15) is 0 Å². The molecule has 2 rings (SSSR count). The van der Waals surface area contributed by atoms with Gasteiger partial charge in [-0.1, -0.05) is 15.9 Å². The molecule has 1 aromatic rings. The summed E-state index contributed by atoms with van der Waals surface area (Å²) in [6, 6.07) is 2.82. The fourth-order valence-electron chi connectivity index (χ4n) is 1.93. The Kier molecular flexibility index (Phi) is 3.33. The van der Waals surface area contributed by atoms with E-state index in [4.69, 9.17) is 5.11 Å². The van der Waals surface area contributed by atoms with Crippen LogP contribution >= 0.6 is 15.9 Å². The van der Waals surface area contributed by atoms with Gasteiger partial charge < -0.3 is 10.0 Å². The van der Waals surface area contributed by atoms with Gasteiger partial charge in [-0.25, -0.2) is 13.6 Å². The number of halogens is 3. The van der Waals surface area contributed by atoms with E-state index in [1.165, 1.54) is 17.0 Å². The fraction of sp³-hybridized carbons (Fsp3) is 0.364. The first-order valence-electron chi connectivity index (χ1n) is 5.06. The molecule has 1 aliphatic rings.